The Kier molecular flexibility index (Phi) is 2.93. The molecule has 1 aromatic rings. The predicted octanol–water partition coefficient (Wildman–Crippen LogP) is -1.46. The third-order valence-electron chi connectivity index (χ3n) is 5.50. The van der Waals surface area contributed by atoms with Gasteiger partial charge in [-0.1, -0.05) is 0 Å². The molecule has 2 saturated heterocycles. The summed E-state index contributed by atoms with van der Waals surface area (Å²) >= 11 is 0.245. The minimum atomic E-state index is -0.141. The van der Waals surface area contributed by atoms with Crippen LogP contribution in [0.3, 0.4) is 0 Å². The van der Waals surface area contributed by atoms with Gasteiger partial charge in [0.05, 0.1) is 0 Å². The second kappa shape index (κ2) is 4.41. The van der Waals surface area contributed by atoms with Crippen LogP contribution in [0.15, 0.2) is 12.1 Å². The van der Waals surface area contributed by atoms with Crippen molar-refractivity contribution in [1.29, 1.82) is 0 Å². The Labute approximate surface area is 136 Å². The molecule has 1 unspecified atom stereocenters. The van der Waals surface area contributed by atoms with Gasteiger partial charge in [-0.2, -0.15) is 0 Å². The van der Waals surface area contributed by atoms with Crippen molar-refractivity contribution in [2.75, 3.05) is 18.0 Å². The molecule has 3 aliphatic heterocycles. The van der Waals surface area contributed by atoms with E-state index >= 15 is 0 Å². The molecule has 6 N–H and O–H groups in total. The Balaban J connectivity index is 1.86. The molecule has 5 heteroatoms. The number of anilines is 2. The van der Waals surface area contributed by atoms with Crippen LogP contribution in [0.2, 0.25) is 0 Å². The number of halogens is 1. The van der Waals surface area contributed by atoms with E-state index in [0.29, 0.717) is 23.4 Å². The summed E-state index contributed by atoms with van der Waals surface area (Å²) in [7, 11) is 0. The SMILES string of the molecule is CC1(C)Oc2cc(N)cc(N)c2[C@H]2[C@H]3[I-][C@@H](C[C@@H]21)C3CN. The molecule has 4 nitrogen and oxygen atoms in total. The van der Waals surface area contributed by atoms with Gasteiger partial charge in [0, 0.05) is 0 Å². The molecule has 5 rings (SSSR count). The van der Waals surface area contributed by atoms with Gasteiger partial charge in [-0.15, -0.1) is 0 Å². The van der Waals surface area contributed by atoms with E-state index in [9.17, 15) is 0 Å². The van der Waals surface area contributed by atoms with Crippen LogP contribution in [0.1, 0.15) is 31.7 Å². The molecular formula is C16H23IN3O-. The molecular weight excluding hydrogens is 377 g/mol. The van der Waals surface area contributed by atoms with Crippen LogP contribution in [0, 0.1) is 11.8 Å². The molecule has 0 radical (unpaired) electrons. The molecule has 3 fully saturated rings. The zero-order valence-corrected chi connectivity index (χ0v) is 14.6. The van der Waals surface area contributed by atoms with Crippen molar-refractivity contribution in [1.82, 2.24) is 0 Å². The van der Waals surface area contributed by atoms with Crippen LogP contribution in [-0.4, -0.2) is 20.0 Å². The number of fused-ring (bicyclic) bond motifs is 1. The Bertz CT molecular complexity index is 603. The molecule has 1 aromatic carbocycles. The fraction of sp³-hybridized carbons (Fsp3) is 0.625. The van der Waals surface area contributed by atoms with Gasteiger partial charge < -0.3 is 0 Å². The second-order valence-corrected chi connectivity index (χ2v) is 10.8. The van der Waals surface area contributed by atoms with E-state index in [-0.39, 0.29) is 26.8 Å². The maximum absolute atomic E-state index is 6.33. The van der Waals surface area contributed by atoms with Crippen molar-refractivity contribution >= 4 is 11.4 Å². The molecule has 3 heterocycles. The van der Waals surface area contributed by atoms with Crippen LogP contribution in [0.25, 0.3) is 0 Å². The van der Waals surface area contributed by atoms with Crippen LogP contribution in [-0.2, 0) is 0 Å². The Morgan fingerprint density at radius 3 is 2.81 bits per heavy atom. The molecule has 0 amide bonds. The molecule has 5 atom stereocenters. The number of benzene rings is 1. The molecule has 116 valence electrons. The number of hydrogen-bond acceptors (Lipinski definition) is 4. The summed E-state index contributed by atoms with van der Waals surface area (Å²) in [5, 5.41) is 0. The number of hydrogen-bond donors (Lipinski definition) is 3. The van der Waals surface area contributed by atoms with Crippen molar-refractivity contribution in [2.45, 2.75) is 39.6 Å². The van der Waals surface area contributed by atoms with E-state index in [1.165, 1.54) is 12.0 Å². The number of nitrogens with two attached hydrogens (primary N) is 3. The van der Waals surface area contributed by atoms with E-state index < -0.39 is 0 Å². The van der Waals surface area contributed by atoms with Crippen LogP contribution in [0.4, 0.5) is 11.4 Å². The number of rotatable bonds is 1. The number of nitrogen functional groups attached to an aromatic ring is 2. The number of alkyl halides is 2. The zero-order chi connectivity index (χ0) is 14.9. The van der Waals surface area contributed by atoms with Gasteiger partial charge in [-0.3, -0.25) is 0 Å². The van der Waals surface area contributed by atoms with E-state index in [0.717, 1.165) is 25.8 Å². The summed E-state index contributed by atoms with van der Waals surface area (Å²) in [6.07, 6.45) is 1.26. The Morgan fingerprint density at radius 2 is 2.10 bits per heavy atom. The van der Waals surface area contributed by atoms with Gasteiger partial charge in [-0.25, -0.2) is 0 Å². The van der Waals surface area contributed by atoms with Crippen LogP contribution in [0.5, 0.6) is 5.75 Å². The fourth-order valence-corrected chi connectivity index (χ4v) is 9.60. The Hall–Kier alpha value is -0.690. The van der Waals surface area contributed by atoms with Crippen molar-refractivity contribution in [3.05, 3.63) is 17.7 Å². The van der Waals surface area contributed by atoms with Crippen molar-refractivity contribution in [2.24, 2.45) is 17.6 Å². The first-order valence-electron chi connectivity index (χ1n) is 7.62. The summed E-state index contributed by atoms with van der Waals surface area (Å²) in [5.41, 5.74) is 20.9. The standard InChI is InChI=1S/C16H23IN3O/c1-16(2)9-5-10-8(6-18)15(17-10)13(9)14-11(20)3-7(19)4-12(14)21-16/h3-4,8-10,13,15H,5-6,18-20H2,1-2H3/q-1/t8?,9-,10-,13-,15-/m0/s1. The van der Waals surface area contributed by atoms with Gasteiger partial charge in [0.25, 0.3) is 0 Å². The summed E-state index contributed by atoms with van der Waals surface area (Å²) in [5.74, 6) is 2.69. The third kappa shape index (κ3) is 1.82. The number of ether oxygens (including phenoxy) is 1. The summed E-state index contributed by atoms with van der Waals surface area (Å²) < 4.78 is 7.97. The summed E-state index contributed by atoms with van der Waals surface area (Å²) in [4.78, 5) is 0. The fourth-order valence-electron chi connectivity index (χ4n) is 4.50. The third-order valence-corrected chi connectivity index (χ3v) is 10.4. The molecule has 1 saturated carbocycles. The van der Waals surface area contributed by atoms with Crippen molar-refractivity contribution < 1.29 is 25.9 Å². The van der Waals surface area contributed by atoms with Crippen molar-refractivity contribution in [3.63, 3.8) is 0 Å². The summed E-state index contributed by atoms with van der Waals surface area (Å²) in [6.45, 7) is 5.25. The quantitative estimate of drug-likeness (QED) is 0.306. The van der Waals surface area contributed by atoms with Crippen LogP contribution >= 0.6 is 0 Å². The van der Waals surface area contributed by atoms with E-state index in [4.69, 9.17) is 21.9 Å². The first-order chi connectivity index (χ1) is 9.92. The second-order valence-electron chi connectivity index (χ2n) is 7.08. The van der Waals surface area contributed by atoms with E-state index in [2.05, 4.69) is 13.8 Å². The zero-order valence-electron chi connectivity index (χ0n) is 12.5. The minimum absolute atomic E-state index is 0.141. The average Bonchev–Trinajstić information content (AvgIpc) is 2.36. The first-order valence-corrected chi connectivity index (χ1v) is 10.1. The monoisotopic (exact) mass is 400 g/mol. The predicted molar refractivity (Wildman–Crippen MR) is 80.9 cm³/mol. The molecule has 4 aliphatic rings. The average molecular weight is 400 g/mol. The maximum atomic E-state index is 6.33. The van der Waals surface area contributed by atoms with Gasteiger partial charge in [0.15, 0.2) is 0 Å². The van der Waals surface area contributed by atoms with Crippen molar-refractivity contribution in [3.8, 4) is 5.75 Å². The summed E-state index contributed by atoms with van der Waals surface area (Å²) in [6, 6.07) is 3.84. The topological polar surface area (TPSA) is 87.3 Å². The Morgan fingerprint density at radius 1 is 1.33 bits per heavy atom. The molecule has 0 aromatic heterocycles. The van der Waals surface area contributed by atoms with Crippen LogP contribution < -0.4 is 43.1 Å². The van der Waals surface area contributed by atoms with Gasteiger partial charge >= 0.3 is 136 Å². The molecule has 21 heavy (non-hydrogen) atoms. The molecule has 2 bridgehead atoms. The first kappa shape index (κ1) is 13.9. The van der Waals surface area contributed by atoms with Gasteiger partial charge in [0.1, 0.15) is 0 Å². The molecule has 0 spiro atoms. The molecule has 1 aliphatic carbocycles. The normalized spacial score (nSPS) is 39.1. The van der Waals surface area contributed by atoms with E-state index in [1.807, 2.05) is 12.1 Å². The van der Waals surface area contributed by atoms with E-state index in [1.54, 1.807) is 0 Å². The van der Waals surface area contributed by atoms with Gasteiger partial charge in [0.2, 0.25) is 0 Å². The van der Waals surface area contributed by atoms with Gasteiger partial charge in [-0.05, 0) is 0 Å².